The van der Waals surface area contributed by atoms with Crippen LogP contribution >= 0.6 is 0 Å². The third-order valence-electron chi connectivity index (χ3n) is 4.23. The number of rotatable bonds is 3. The largest absolute Gasteiger partial charge is 0.416 e. The van der Waals surface area contributed by atoms with Crippen LogP contribution in [0.2, 0.25) is 0 Å². The minimum absolute atomic E-state index is 0.518. The van der Waals surface area contributed by atoms with Crippen molar-refractivity contribution in [3.63, 3.8) is 0 Å². The van der Waals surface area contributed by atoms with E-state index in [0.717, 1.165) is 30.8 Å². The maximum Gasteiger partial charge on any atom is 0.416 e. The summed E-state index contributed by atoms with van der Waals surface area (Å²) in [5.74, 6) is 0. The van der Waals surface area contributed by atoms with Crippen molar-refractivity contribution >= 4 is 0 Å². The molecule has 2 nitrogen and oxygen atoms in total. The van der Waals surface area contributed by atoms with E-state index in [9.17, 15) is 13.2 Å². The lowest BCUT2D eigenvalue weighted by Gasteiger charge is -2.54. The quantitative estimate of drug-likeness (QED) is 0.882. The lowest BCUT2D eigenvalue weighted by molar-refractivity contribution is -0.137. The topological polar surface area (TPSA) is 24.1 Å². The third-order valence-corrected chi connectivity index (χ3v) is 4.23. The summed E-state index contributed by atoms with van der Waals surface area (Å²) < 4.78 is 37.2. The second-order valence-corrected chi connectivity index (χ2v) is 5.78. The van der Waals surface area contributed by atoms with E-state index >= 15 is 0 Å². The minimum atomic E-state index is -4.25. The summed E-state index contributed by atoms with van der Waals surface area (Å²) in [4.78, 5) is 0. The molecule has 2 N–H and O–H groups in total. The lowest BCUT2D eigenvalue weighted by atomic mass is 9.61. The molecule has 0 radical (unpaired) electrons. The molecule has 1 spiro atoms. The fourth-order valence-electron chi connectivity index (χ4n) is 2.97. The first-order chi connectivity index (χ1) is 8.97. The maximum absolute atomic E-state index is 12.4. The molecule has 3 rings (SSSR count). The Bertz CT molecular complexity index is 441. The fraction of sp³-hybridized carbons (Fsp3) is 0.571. The molecule has 1 saturated carbocycles. The van der Waals surface area contributed by atoms with Gasteiger partial charge in [0.2, 0.25) is 0 Å². The van der Waals surface area contributed by atoms with Crippen molar-refractivity contribution in [3.05, 3.63) is 35.4 Å². The average molecular weight is 270 g/mol. The van der Waals surface area contributed by atoms with Gasteiger partial charge in [-0.1, -0.05) is 12.1 Å². The van der Waals surface area contributed by atoms with E-state index in [2.05, 4.69) is 10.6 Å². The fourth-order valence-corrected chi connectivity index (χ4v) is 2.97. The van der Waals surface area contributed by atoms with Gasteiger partial charge < -0.3 is 10.6 Å². The van der Waals surface area contributed by atoms with Gasteiger partial charge in [-0.05, 0) is 36.0 Å². The van der Waals surface area contributed by atoms with Crippen molar-refractivity contribution in [1.82, 2.24) is 10.6 Å². The van der Waals surface area contributed by atoms with Crippen molar-refractivity contribution in [2.45, 2.75) is 31.6 Å². The number of alkyl halides is 3. The number of halogens is 3. The monoisotopic (exact) mass is 270 g/mol. The van der Waals surface area contributed by atoms with Gasteiger partial charge in [0.05, 0.1) is 5.56 Å². The smallest absolute Gasteiger partial charge is 0.316 e. The van der Waals surface area contributed by atoms with Crippen LogP contribution in [0.15, 0.2) is 24.3 Å². The van der Waals surface area contributed by atoms with Gasteiger partial charge in [-0.2, -0.15) is 13.2 Å². The predicted molar refractivity (Wildman–Crippen MR) is 66.6 cm³/mol. The van der Waals surface area contributed by atoms with Crippen LogP contribution in [-0.4, -0.2) is 19.1 Å². The Labute approximate surface area is 110 Å². The van der Waals surface area contributed by atoms with Crippen LogP contribution < -0.4 is 10.6 Å². The van der Waals surface area contributed by atoms with Crippen molar-refractivity contribution in [1.29, 1.82) is 0 Å². The molecule has 0 unspecified atom stereocenters. The number of nitrogens with one attached hydrogen (secondary N) is 2. The van der Waals surface area contributed by atoms with Gasteiger partial charge in [-0.3, -0.25) is 0 Å². The highest BCUT2D eigenvalue weighted by Gasteiger charge is 2.47. The van der Waals surface area contributed by atoms with E-state index in [4.69, 9.17) is 0 Å². The van der Waals surface area contributed by atoms with E-state index in [1.165, 1.54) is 12.8 Å². The Balaban J connectivity index is 1.48. The van der Waals surface area contributed by atoms with Crippen LogP contribution in [0, 0.1) is 5.41 Å². The Morgan fingerprint density at radius 3 is 2.26 bits per heavy atom. The van der Waals surface area contributed by atoms with E-state index in [1.807, 2.05) is 0 Å². The highest BCUT2D eigenvalue weighted by molar-refractivity contribution is 5.24. The Hall–Kier alpha value is -1.07. The second kappa shape index (κ2) is 4.49. The molecule has 5 heteroatoms. The van der Waals surface area contributed by atoms with Crippen molar-refractivity contribution in [2.24, 2.45) is 5.41 Å². The van der Waals surface area contributed by atoms with Crippen LogP contribution in [0.5, 0.6) is 0 Å². The first-order valence-electron chi connectivity index (χ1n) is 6.57. The zero-order chi connectivity index (χ0) is 13.5. The normalized spacial score (nSPS) is 22.1. The van der Waals surface area contributed by atoms with Gasteiger partial charge in [0, 0.05) is 25.7 Å². The predicted octanol–water partition coefficient (Wildman–Crippen LogP) is 2.55. The first-order valence-corrected chi connectivity index (χ1v) is 6.57. The molecule has 1 saturated heterocycles. The summed E-state index contributed by atoms with van der Waals surface area (Å²) in [5.41, 5.74) is 0.845. The van der Waals surface area contributed by atoms with Gasteiger partial charge in [-0.15, -0.1) is 0 Å². The molecule has 0 bridgehead atoms. The van der Waals surface area contributed by atoms with Gasteiger partial charge in [0.25, 0.3) is 0 Å². The molecular formula is C14H17F3N2. The summed E-state index contributed by atoms with van der Waals surface area (Å²) in [6.07, 6.45) is -1.88. The molecule has 0 atom stereocenters. The van der Waals surface area contributed by atoms with Gasteiger partial charge in [0.15, 0.2) is 0 Å². The van der Waals surface area contributed by atoms with Crippen molar-refractivity contribution in [2.75, 3.05) is 13.1 Å². The van der Waals surface area contributed by atoms with Crippen LogP contribution in [0.1, 0.15) is 24.0 Å². The maximum atomic E-state index is 12.4. The Kier molecular flexibility index (Phi) is 3.06. The molecule has 0 aromatic heterocycles. The van der Waals surface area contributed by atoms with Crippen LogP contribution in [0.3, 0.4) is 0 Å². The molecule has 1 aliphatic heterocycles. The molecule has 0 amide bonds. The molecule has 19 heavy (non-hydrogen) atoms. The molecule has 2 aliphatic rings. The molecule has 1 heterocycles. The summed E-state index contributed by atoms with van der Waals surface area (Å²) in [5, 5.41) is 6.69. The average Bonchev–Trinajstić information content (AvgIpc) is 2.24. The van der Waals surface area contributed by atoms with Crippen LogP contribution in [0.4, 0.5) is 13.2 Å². The second-order valence-electron chi connectivity index (χ2n) is 5.78. The number of benzene rings is 1. The number of hydrogen-bond acceptors (Lipinski definition) is 2. The highest BCUT2D eigenvalue weighted by atomic mass is 19.4. The van der Waals surface area contributed by atoms with Crippen molar-refractivity contribution in [3.8, 4) is 0 Å². The van der Waals surface area contributed by atoms with Gasteiger partial charge >= 0.3 is 6.18 Å². The Morgan fingerprint density at radius 2 is 1.79 bits per heavy atom. The molecule has 104 valence electrons. The molecule has 1 aromatic carbocycles. The summed E-state index contributed by atoms with van der Waals surface area (Å²) >= 11 is 0. The summed E-state index contributed by atoms with van der Waals surface area (Å²) in [7, 11) is 0. The van der Waals surface area contributed by atoms with E-state index in [0.29, 0.717) is 18.0 Å². The van der Waals surface area contributed by atoms with Gasteiger partial charge in [0.1, 0.15) is 0 Å². The van der Waals surface area contributed by atoms with E-state index < -0.39 is 11.7 Å². The van der Waals surface area contributed by atoms with Crippen LogP contribution in [0.25, 0.3) is 0 Å². The van der Waals surface area contributed by atoms with Crippen LogP contribution in [-0.2, 0) is 12.7 Å². The van der Waals surface area contributed by atoms with Crippen molar-refractivity contribution < 1.29 is 13.2 Å². The molecule has 1 aromatic rings. The minimum Gasteiger partial charge on any atom is -0.316 e. The third kappa shape index (κ3) is 2.62. The highest BCUT2D eigenvalue weighted by Crippen LogP contribution is 2.44. The molecule has 2 fully saturated rings. The molecule has 1 aliphatic carbocycles. The summed E-state index contributed by atoms with van der Waals surface area (Å²) in [6.45, 7) is 2.88. The standard InChI is InChI=1S/C14H17F3N2/c15-14(16,17)11-3-1-10(2-4-11)7-19-12-5-13(6-12)8-18-9-13/h1-4,12,18-19H,5-9H2. The zero-order valence-corrected chi connectivity index (χ0v) is 10.6. The van der Waals surface area contributed by atoms with E-state index in [1.54, 1.807) is 12.1 Å². The Morgan fingerprint density at radius 1 is 1.16 bits per heavy atom. The molecular weight excluding hydrogens is 253 g/mol. The first kappa shape index (κ1) is 12.9. The van der Waals surface area contributed by atoms with Gasteiger partial charge in [-0.25, -0.2) is 0 Å². The SMILES string of the molecule is FC(F)(F)c1ccc(CNC2CC3(CNC3)C2)cc1. The van der Waals surface area contributed by atoms with E-state index in [-0.39, 0.29) is 0 Å². The lowest BCUT2D eigenvalue weighted by Crippen LogP contribution is -2.64. The number of hydrogen-bond donors (Lipinski definition) is 2. The summed E-state index contributed by atoms with van der Waals surface area (Å²) in [6, 6.07) is 5.92. The zero-order valence-electron chi connectivity index (χ0n) is 10.6.